The fourth-order valence-corrected chi connectivity index (χ4v) is 4.25. The minimum absolute atomic E-state index is 0.0926. The zero-order valence-electron chi connectivity index (χ0n) is 18.1. The third-order valence-corrected chi connectivity index (χ3v) is 5.67. The van der Waals surface area contributed by atoms with Gasteiger partial charge in [-0.2, -0.15) is 0 Å². The monoisotopic (exact) mass is 431 g/mol. The number of aromatic nitrogens is 3. The number of nitrogens with one attached hydrogen (secondary N) is 2. The van der Waals surface area contributed by atoms with Crippen LogP contribution >= 0.6 is 0 Å². The van der Waals surface area contributed by atoms with E-state index in [2.05, 4.69) is 15.6 Å². The molecule has 1 aliphatic heterocycles. The number of fused-ring (bicyclic) bond motifs is 4. The van der Waals surface area contributed by atoms with Crippen molar-refractivity contribution in [1.82, 2.24) is 19.4 Å². The molecular formula is C24H25N5O3. The molecule has 0 spiro atoms. The van der Waals surface area contributed by atoms with E-state index in [1.54, 1.807) is 19.9 Å². The lowest BCUT2D eigenvalue weighted by Gasteiger charge is -2.20. The van der Waals surface area contributed by atoms with Crippen molar-refractivity contribution in [2.45, 2.75) is 39.0 Å². The Hall–Kier alpha value is -3.65. The van der Waals surface area contributed by atoms with Crippen molar-refractivity contribution in [3.8, 4) is 0 Å². The van der Waals surface area contributed by atoms with Gasteiger partial charge in [0.05, 0.1) is 23.2 Å². The summed E-state index contributed by atoms with van der Waals surface area (Å²) in [6, 6.07) is 14.9. The molecule has 8 heteroatoms. The second-order valence-electron chi connectivity index (χ2n) is 8.84. The van der Waals surface area contributed by atoms with Gasteiger partial charge in [0.2, 0.25) is 5.95 Å². The zero-order chi connectivity index (χ0) is 22.5. The third kappa shape index (κ3) is 3.62. The van der Waals surface area contributed by atoms with Crippen molar-refractivity contribution >= 4 is 39.7 Å². The van der Waals surface area contributed by atoms with Crippen LogP contribution in [0.1, 0.15) is 41.1 Å². The van der Waals surface area contributed by atoms with Gasteiger partial charge in [-0.15, -0.1) is 0 Å². The molecule has 4 aromatic rings. The average molecular weight is 431 g/mol. The largest absolute Gasteiger partial charge is 0.389 e. The summed E-state index contributed by atoms with van der Waals surface area (Å²) in [4.78, 5) is 30.1. The lowest BCUT2D eigenvalue weighted by molar-refractivity contribution is 0.0630. The summed E-state index contributed by atoms with van der Waals surface area (Å²) in [5.41, 5.74) is 2.54. The van der Waals surface area contributed by atoms with E-state index in [9.17, 15) is 14.7 Å². The van der Waals surface area contributed by atoms with E-state index in [0.29, 0.717) is 30.3 Å². The van der Waals surface area contributed by atoms with Crippen LogP contribution in [0.2, 0.25) is 0 Å². The minimum atomic E-state index is -0.980. The number of rotatable bonds is 4. The fraction of sp³-hybridized carbons (Fsp3) is 0.292. The number of para-hydroxylation sites is 2. The highest BCUT2D eigenvalue weighted by Gasteiger charge is 2.22. The molecule has 5 rings (SSSR count). The smallest absolute Gasteiger partial charge is 0.267 e. The van der Waals surface area contributed by atoms with Crippen molar-refractivity contribution in [3.63, 3.8) is 0 Å². The summed E-state index contributed by atoms with van der Waals surface area (Å²) in [7, 11) is 0. The lowest BCUT2D eigenvalue weighted by Crippen LogP contribution is -2.27. The van der Waals surface area contributed by atoms with Crippen LogP contribution in [-0.4, -0.2) is 43.2 Å². The first-order chi connectivity index (χ1) is 15.3. The van der Waals surface area contributed by atoms with Crippen LogP contribution in [0.15, 0.2) is 48.5 Å². The third-order valence-electron chi connectivity index (χ3n) is 5.67. The van der Waals surface area contributed by atoms with Crippen LogP contribution in [0, 0.1) is 0 Å². The number of aryl methyl sites for hydroxylation is 1. The van der Waals surface area contributed by atoms with Gasteiger partial charge in [-0.3, -0.25) is 14.9 Å². The highest BCUT2D eigenvalue weighted by molar-refractivity contribution is 6.07. The van der Waals surface area contributed by atoms with E-state index in [1.807, 2.05) is 51.6 Å². The molecule has 0 saturated heterocycles. The number of nitrogens with zero attached hydrogens (tertiary/aromatic N) is 3. The van der Waals surface area contributed by atoms with Gasteiger partial charge in [-0.25, -0.2) is 4.98 Å². The fourth-order valence-electron chi connectivity index (χ4n) is 4.25. The summed E-state index contributed by atoms with van der Waals surface area (Å²) in [6.07, 6.45) is 0.833. The van der Waals surface area contributed by atoms with Crippen molar-refractivity contribution in [3.05, 3.63) is 59.8 Å². The second kappa shape index (κ2) is 7.49. The second-order valence-corrected chi connectivity index (χ2v) is 8.84. The first-order valence-corrected chi connectivity index (χ1v) is 10.7. The van der Waals surface area contributed by atoms with Crippen LogP contribution in [-0.2, 0) is 13.1 Å². The van der Waals surface area contributed by atoms with E-state index in [1.165, 1.54) is 0 Å². The molecule has 0 radical (unpaired) electrons. The number of amides is 2. The number of carbonyl (C=O) groups is 2. The Balaban J connectivity index is 1.51. The SMILES string of the molecule is CC(C)(O)Cn1c(NC(=O)c2ccc3cc4n(c3c2)CCCNC4=O)nc2ccccc21. The number of anilines is 1. The van der Waals surface area contributed by atoms with Crippen molar-refractivity contribution < 1.29 is 14.7 Å². The zero-order valence-corrected chi connectivity index (χ0v) is 18.1. The Morgan fingerprint density at radius 2 is 2.00 bits per heavy atom. The summed E-state index contributed by atoms with van der Waals surface area (Å²) >= 11 is 0. The van der Waals surface area contributed by atoms with Gasteiger partial charge in [0.25, 0.3) is 11.8 Å². The van der Waals surface area contributed by atoms with E-state index in [0.717, 1.165) is 28.4 Å². The van der Waals surface area contributed by atoms with Gasteiger partial charge in [0.15, 0.2) is 0 Å². The molecule has 2 aromatic carbocycles. The van der Waals surface area contributed by atoms with Crippen LogP contribution in [0.4, 0.5) is 5.95 Å². The first-order valence-electron chi connectivity index (χ1n) is 10.7. The Morgan fingerprint density at radius 3 is 2.81 bits per heavy atom. The Kier molecular flexibility index (Phi) is 4.74. The number of imidazole rings is 1. The molecule has 3 N–H and O–H groups in total. The normalized spacial score (nSPS) is 14.3. The first kappa shape index (κ1) is 20.3. The van der Waals surface area contributed by atoms with Crippen molar-refractivity contribution in [1.29, 1.82) is 0 Å². The molecule has 0 unspecified atom stereocenters. The molecule has 3 heterocycles. The van der Waals surface area contributed by atoms with Crippen molar-refractivity contribution in [2.75, 3.05) is 11.9 Å². The van der Waals surface area contributed by atoms with Gasteiger partial charge in [-0.1, -0.05) is 18.2 Å². The Labute approximate surface area is 184 Å². The average Bonchev–Trinajstić information content (AvgIpc) is 3.21. The lowest BCUT2D eigenvalue weighted by atomic mass is 10.1. The summed E-state index contributed by atoms with van der Waals surface area (Å²) in [5.74, 6) is -0.00958. The molecule has 0 aliphatic carbocycles. The Bertz CT molecular complexity index is 1360. The number of aliphatic hydroxyl groups is 1. The number of benzene rings is 2. The molecule has 0 bridgehead atoms. The summed E-state index contributed by atoms with van der Waals surface area (Å²) < 4.78 is 3.79. The molecule has 8 nitrogen and oxygen atoms in total. The molecule has 0 atom stereocenters. The van der Waals surface area contributed by atoms with Gasteiger partial charge in [0.1, 0.15) is 5.69 Å². The van der Waals surface area contributed by atoms with E-state index >= 15 is 0 Å². The molecule has 2 aromatic heterocycles. The predicted molar refractivity (Wildman–Crippen MR) is 123 cm³/mol. The Morgan fingerprint density at radius 1 is 1.19 bits per heavy atom. The maximum absolute atomic E-state index is 13.2. The number of hydrogen-bond acceptors (Lipinski definition) is 4. The van der Waals surface area contributed by atoms with Crippen LogP contribution in [0.5, 0.6) is 0 Å². The predicted octanol–water partition coefficient (Wildman–Crippen LogP) is 3.15. The minimum Gasteiger partial charge on any atom is -0.389 e. The van der Waals surface area contributed by atoms with Gasteiger partial charge in [-0.05, 0) is 50.6 Å². The summed E-state index contributed by atoms with van der Waals surface area (Å²) in [5, 5.41) is 17.1. The molecular weight excluding hydrogens is 406 g/mol. The van der Waals surface area contributed by atoms with Gasteiger partial charge >= 0.3 is 0 Å². The van der Waals surface area contributed by atoms with Crippen molar-refractivity contribution in [2.24, 2.45) is 0 Å². The van der Waals surface area contributed by atoms with Crippen LogP contribution in [0.3, 0.4) is 0 Å². The number of hydrogen-bond donors (Lipinski definition) is 3. The topological polar surface area (TPSA) is 101 Å². The quantitative estimate of drug-likeness (QED) is 0.462. The molecule has 32 heavy (non-hydrogen) atoms. The number of carbonyl (C=O) groups excluding carboxylic acids is 2. The standard InChI is InChI=1S/C24H25N5O3/c1-24(2,32)14-29-18-7-4-3-6-17(18)26-23(29)27-21(30)16-9-8-15-12-20-22(31)25-10-5-11-28(20)19(15)13-16/h3-4,6-9,12-13,32H,5,10-11,14H2,1-2H3,(H,25,31)(H,26,27,30). The maximum Gasteiger partial charge on any atom is 0.267 e. The van der Waals surface area contributed by atoms with E-state index in [4.69, 9.17) is 0 Å². The van der Waals surface area contributed by atoms with E-state index in [-0.39, 0.29) is 18.4 Å². The molecule has 0 saturated carbocycles. The van der Waals surface area contributed by atoms with Gasteiger partial charge < -0.3 is 19.6 Å². The maximum atomic E-state index is 13.2. The molecule has 2 amide bonds. The molecule has 164 valence electrons. The molecule has 1 aliphatic rings. The highest BCUT2D eigenvalue weighted by atomic mass is 16.3. The van der Waals surface area contributed by atoms with Crippen LogP contribution < -0.4 is 10.6 Å². The van der Waals surface area contributed by atoms with Crippen LogP contribution in [0.25, 0.3) is 21.9 Å². The highest BCUT2D eigenvalue weighted by Crippen LogP contribution is 2.25. The summed E-state index contributed by atoms with van der Waals surface area (Å²) in [6.45, 7) is 5.07. The van der Waals surface area contributed by atoms with E-state index < -0.39 is 5.60 Å². The van der Waals surface area contributed by atoms with Gasteiger partial charge in [0, 0.05) is 29.6 Å². The molecule has 0 fully saturated rings.